The fraction of sp³-hybridized carbons (Fsp3) is 0.941. The van der Waals surface area contributed by atoms with Gasteiger partial charge >= 0.3 is 5.97 Å². The molecule has 1 aliphatic heterocycles. The molecule has 1 spiro atoms. The highest BCUT2D eigenvalue weighted by molar-refractivity contribution is 5.70. The zero-order valence-electron chi connectivity index (χ0n) is 14.2. The van der Waals surface area contributed by atoms with Crippen LogP contribution < -0.4 is 5.73 Å². The molecule has 2 N–H and O–H groups in total. The third kappa shape index (κ3) is 5.21. The molecule has 0 bridgehead atoms. The van der Waals surface area contributed by atoms with E-state index in [1.165, 1.54) is 6.42 Å². The maximum atomic E-state index is 12.1. The normalized spacial score (nSPS) is 28.5. The monoisotopic (exact) mass is 313 g/mol. The van der Waals surface area contributed by atoms with Crippen LogP contribution in [0.25, 0.3) is 0 Å². The summed E-state index contributed by atoms with van der Waals surface area (Å²) in [4.78, 5) is 12.1. The van der Waals surface area contributed by atoms with Gasteiger partial charge in [0.25, 0.3) is 0 Å². The first kappa shape index (κ1) is 17.7. The van der Waals surface area contributed by atoms with E-state index < -0.39 is 11.4 Å². The molecule has 22 heavy (non-hydrogen) atoms. The number of esters is 1. The summed E-state index contributed by atoms with van der Waals surface area (Å²) in [6.45, 7) is 6.25. The highest BCUT2D eigenvalue weighted by atomic mass is 16.7. The number of nitrogens with two attached hydrogens (primary N) is 1. The summed E-state index contributed by atoms with van der Waals surface area (Å²) in [5, 5.41) is 0. The Kier molecular flexibility index (Phi) is 5.86. The molecule has 0 amide bonds. The van der Waals surface area contributed by atoms with Crippen molar-refractivity contribution in [2.45, 2.75) is 95.7 Å². The van der Waals surface area contributed by atoms with Gasteiger partial charge < -0.3 is 19.9 Å². The molecule has 1 saturated heterocycles. The van der Waals surface area contributed by atoms with Gasteiger partial charge in [-0.15, -0.1) is 0 Å². The summed E-state index contributed by atoms with van der Waals surface area (Å²) in [6, 6.07) is 0. The quantitative estimate of drug-likeness (QED) is 0.808. The third-order valence-electron chi connectivity index (χ3n) is 4.21. The van der Waals surface area contributed by atoms with E-state index in [-0.39, 0.29) is 18.2 Å². The maximum absolute atomic E-state index is 12.1. The van der Waals surface area contributed by atoms with Crippen LogP contribution in [0.1, 0.15) is 72.1 Å². The lowest BCUT2D eigenvalue weighted by Crippen LogP contribution is -2.50. The van der Waals surface area contributed by atoms with Gasteiger partial charge in [0.1, 0.15) is 5.60 Å². The van der Waals surface area contributed by atoms with Gasteiger partial charge in [-0.1, -0.05) is 6.42 Å². The van der Waals surface area contributed by atoms with Gasteiger partial charge in [-0.3, -0.25) is 4.79 Å². The Morgan fingerprint density at radius 2 is 1.82 bits per heavy atom. The minimum Gasteiger partial charge on any atom is -0.460 e. The molecule has 2 aliphatic rings. The first-order valence-electron chi connectivity index (χ1n) is 8.59. The first-order chi connectivity index (χ1) is 10.3. The molecule has 2 atom stereocenters. The molecule has 0 unspecified atom stereocenters. The lowest BCUT2D eigenvalue weighted by molar-refractivity contribution is -0.329. The van der Waals surface area contributed by atoms with Gasteiger partial charge in [0.05, 0.1) is 18.6 Å². The number of hydrogen-bond donors (Lipinski definition) is 1. The van der Waals surface area contributed by atoms with E-state index in [1.54, 1.807) is 0 Å². The van der Waals surface area contributed by atoms with Crippen molar-refractivity contribution >= 4 is 5.97 Å². The summed E-state index contributed by atoms with van der Waals surface area (Å²) in [5.74, 6) is -0.694. The van der Waals surface area contributed by atoms with E-state index >= 15 is 0 Å². The molecule has 5 nitrogen and oxygen atoms in total. The molecule has 1 heterocycles. The zero-order valence-corrected chi connectivity index (χ0v) is 14.2. The molecule has 1 saturated carbocycles. The van der Waals surface area contributed by atoms with Crippen LogP contribution >= 0.6 is 0 Å². The summed E-state index contributed by atoms with van der Waals surface area (Å²) < 4.78 is 17.9. The molecular formula is C17H31NO4. The van der Waals surface area contributed by atoms with Crippen molar-refractivity contribution in [2.75, 3.05) is 6.54 Å². The molecule has 0 aromatic rings. The van der Waals surface area contributed by atoms with E-state index in [9.17, 15) is 4.79 Å². The number of hydrogen-bond acceptors (Lipinski definition) is 5. The van der Waals surface area contributed by atoms with Gasteiger partial charge in [0.15, 0.2) is 5.79 Å². The molecule has 5 heteroatoms. The molecule has 0 aromatic carbocycles. The smallest absolute Gasteiger partial charge is 0.308 e. The average Bonchev–Trinajstić information content (AvgIpc) is 2.36. The Morgan fingerprint density at radius 3 is 2.41 bits per heavy atom. The van der Waals surface area contributed by atoms with Gasteiger partial charge in [0, 0.05) is 19.3 Å². The zero-order chi connectivity index (χ0) is 16.2. The number of carbonyl (C=O) groups is 1. The van der Waals surface area contributed by atoms with Gasteiger partial charge in [-0.25, -0.2) is 0 Å². The summed E-state index contributed by atoms with van der Waals surface area (Å²) in [6.07, 6.45) is 7.09. The van der Waals surface area contributed by atoms with E-state index in [2.05, 4.69) is 0 Å². The predicted octanol–water partition coefficient (Wildman–Crippen LogP) is 2.90. The van der Waals surface area contributed by atoms with Crippen LogP contribution in [0.15, 0.2) is 0 Å². The largest absolute Gasteiger partial charge is 0.460 e. The average molecular weight is 313 g/mol. The summed E-state index contributed by atoms with van der Waals surface area (Å²) in [5.41, 5.74) is 5.24. The maximum Gasteiger partial charge on any atom is 0.308 e. The Labute approximate surface area is 133 Å². The van der Waals surface area contributed by atoms with Crippen LogP contribution in [-0.2, 0) is 19.0 Å². The van der Waals surface area contributed by atoms with Crippen LogP contribution in [0.3, 0.4) is 0 Å². The van der Waals surface area contributed by atoms with Crippen molar-refractivity contribution in [3.05, 3.63) is 0 Å². The van der Waals surface area contributed by atoms with Crippen LogP contribution in [0.4, 0.5) is 0 Å². The van der Waals surface area contributed by atoms with Gasteiger partial charge in [-0.05, 0) is 46.6 Å². The lowest BCUT2D eigenvalue weighted by Gasteiger charge is -2.46. The second kappa shape index (κ2) is 7.28. The van der Waals surface area contributed by atoms with Gasteiger partial charge in [-0.2, -0.15) is 0 Å². The van der Waals surface area contributed by atoms with E-state index in [1.807, 2.05) is 20.8 Å². The Bertz CT molecular complexity index is 371. The molecule has 2 fully saturated rings. The fourth-order valence-corrected chi connectivity index (χ4v) is 3.41. The summed E-state index contributed by atoms with van der Waals surface area (Å²) in [7, 11) is 0. The van der Waals surface area contributed by atoms with Crippen molar-refractivity contribution in [2.24, 2.45) is 5.73 Å². The standard InChI is InChI=1S/C17H31NO4/c1-16(2,3)22-15(19)12-14-11-13(7-10-18)20-17(21-14)8-5-4-6-9-17/h13-14H,4-12,18H2,1-3H3/t13-,14-/m1/s1. The van der Waals surface area contributed by atoms with Crippen molar-refractivity contribution in [1.82, 2.24) is 0 Å². The molecule has 0 radical (unpaired) electrons. The molecule has 1 aliphatic carbocycles. The van der Waals surface area contributed by atoms with E-state index in [0.29, 0.717) is 13.0 Å². The molecule has 128 valence electrons. The minimum absolute atomic E-state index is 0.0873. The molecular weight excluding hydrogens is 282 g/mol. The minimum atomic E-state index is -0.497. The van der Waals surface area contributed by atoms with Crippen LogP contribution in [-0.4, -0.2) is 36.1 Å². The van der Waals surface area contributed by atoms with Crippen LogP contribution in [0.2, 0.25) is 0 Å². The van der Waals surface area contributed by atoms with Crippen molar-refractivity contribution in [1.29, 1.82) is 0 Å². The second-order valence-corrected chi connectivity index (χ2v) is 7.55. The number of rotatable bonds is 4. The number of carbonyl (C=O) groups excluding carboxylic acids is 1. The Morgan fingerprint density at radius 1 is 1.18 bits per heavy atom. The van der Waals surface area contributed by atoms with Crippen molar-refractivity contribution in [3.8, 4) is 0 Å². The SMILES string of the molecule is CC(C)(C)OC(=O)C[C@H]1C[C@@H](CCN)OC2(CCCCC2)O1. The van der Waals surface area contributed by atoms with Crippen molar-refractivity contribution < 1.29 is 19.0 Å². The highest BCUT2D eigenvalue weighted by Gasteiger charge is 2.43. The summed E-state index contributed by atoms with van der Waals surface area (Å²) >= 11 is 0. The number of ether oxygens (including phenoxy) is 3. The topological polar surface area (TPSA) is 70.8 Å². The molecule has 0 aromatic heterocycles. The Hall–Kier alpha value is -0.650. The Balaban J connectivity index is 1.98. The van der Waals surface area contributed by atoms with Crippen LogP contribution in [0.5, 0.6) is 0 Å². The predicted molar refractivity (Wildman–Crippen MR) is 84.3 cm³/mol. The van der Waals surface area contributed by atoms with Crippen molar-refractivity contribution in [3.63, 3.8) is 0 Å². The molecule has 2 rings (SSSR count). The second-order valence-electron chi connectivity index (χ2n) is 7.55. The lowest BCUT2D eigenvalue weighted by atomic mass is 9.91. The van der Waals surface area contributed by atoms with Gasteiger partial charge in [0.2, 0.25) is 0 Å². The van der Waals surface area contributed by atoms with E-state index in [4.69, 9.17) is 19.9 Å². The van der Waals surface area contributed by atoms with E-state index in [0.717, 1.165) is 38.5 Å². The highest BCUT2D eigenvalue weighted by Crippen LogP contribution is 2.40. The van der Waals surface area contributed by atoms with Crippen LogP contribution in [0, 0.1) is 0 Å². The third-order valence-corrected chi connectivity index (χ3v) is 4.21. The first-order valence-corrected chi connectivity index (χ1v) is 8.59. The fourth-order valence-electron chi connectivity index (χ4n) is 3.41.